The highest BCUT2D eigenvalue weighted by molar-refractivity contribution is 5.81. The third-order valence-corrected chi connectivity index (χ3v) is 2.19. The Balaban J connectivity index is 2.84. The molecule has 0 amide bonds. The monoisotopic (exact) mass is 213 g/mol. The number of carboxylic acid groups (broad SMARTS) is 1. The van der Waals surface area contributed by atoms with Crippen LogP contribution in [0.5, 0.6) is 0 Å². The van der Waals surface area contributed by atoms with Crippen LogP contribution >= 0.6 is 0 Å². The number of rotatable bonds is 4. The predicted molar refractivity (Wildman–Crippen MR) is 51.9 cm³/mol. The van der Waals surface area contributed by atoms with Crippen LogP contribution in [0.2, 0.25) is 0 Å². The summed E-state index contributed by atoms with van der Waals surface area (Å²) >= 11 is 0. The Bertz CT molecular complexity index is 355. The van der Waals surface area contributed by atoms with Gasteiger partial charge in [-0.3, -0.25) is 0 Å². The van der Waals surface area contributed by atoms with Crippen LogP contribution in [0.25, 0.3) is 0 Å². The Morgan fingerprint density at radius 3 is 2.53 bits per heavy atom. The van der Waals surface area contributed by atoms with E-state index in [1.165, 1.54) is 6.92 Å². The highest BCUT2D eigenvalue weighted by Crippen LogP contribution is 2.15. The van der Waals surface area contributed by atoms with Crippen molar-refractivity contribution in [3.05, 3.63) is 18.2 Å². The van der Waals surface area contributed by atoms with E-state index in [0.29, 0.717) is 6.42 Å². The van der Waals surface area contributed by atoms with E-state index in [1.807, 2.05) is 0 Å². The Kier molecular flexibility index (Phi) is 3.18. The Labute approximate surface area is 86.4 Å². The second-order valence-electron chi connectivity index (χ2n) is 3.34. The van der Waals surface area contributed by atoms with Crippen molar-refractivity contribution in [2.24, 2.45) is 0 Å². The summed E-state index contributed by atoms with van der Waals surface area (Å²) in [5, 5.41) is 11.6. The van der Waals surface area contributed by atoms with Gasteiger partial charge in [-0.05, 0) is 13.3 Å². The molecule has 0 aliphatic heterocycles. The molecule has 15 heavy (non-hydrogen) atoms. The maximum Gasteiger partial charge on any atom is 0.329 e. The van der Waals surface area contributed by atoms with Crippen molar-refractivity contribution < 1.29 is 14.3 Å². The zero-order valence-corrected chi connectivity index (χ0v) is 8.49. The summed E-state index contributed by atoms with van der Waals surface area (Å²) in [4.78, 5) is 18.2. The molecule has 1 heterocycles. The van der Waals surface area contributed by atoms with Gasteiger partial charge in [-0.2, -0.15) is 0 Å². The molecule has 5 nitrogen and oxygen atoms in total. The third-order valence-electron chi connectivity index (χ3n) is 2.19. The van der Waals surface area contributed by atoms with Gasteiger partial charge < -0.3 is 10.4 Å². The number of aromatic nitrogens is 2. The van der Waals surface area contributed by atoms with E-state index in [2.05, 4.69) is 15.3 Å². The zero-order chi connectivity index (χ0) is 11.5. The van der Waals surface area contributed by atoms with Crippen LogP contribution in [-0.2, 0) is 4.79 Å². The van der Waals surface area contributed by atoms with Crippen LogP contribution in [0.1, 0.15) is 20.3 Å². The third kappa shape index (κ3) is 2.61. The summed E-state index contributed by atoms with van der Waals surface area (Å²) in [7, 11) is 0. The van der Waals surface area contributed by atoms with Crippen molar-refractivity contribution in [1.82, 2.24) is 9.97 Å². The maximum absolute atomic E-state index is 12.5. The molecule has 0 aliphatic carbocycles. The minimum Gasteiger partial charge on any atom is -0.480 e. The van der Waals surface area contributed by atoms with Crippen LogP contribution < -0.4 is 5.32 Å². The van der Waals surface area contributed by atoms with E-state index in [0.717, 1.165) is 12.4 Å². The fourth-order valence-corrected chi connectivity index (χ4v) is 0.917. The van der Waals surface area contributed by atoms with Crippen molar-refractivity contribution in [3.63, 3.8) is 0 Å². The lowest BCUT2D eigenvalue weighted by molar-refractivity contribution is -0.141. The quantitative estimate of drug-likeness (QED) is 0.788. The number of aliphatic carboxylic acids is 1. The number of nitrogens with one attached hydrogen (secondary N) is 1. The molecule has 0 saturated carbocycles. The van der Waals surface area contributed by atoms with E-state index < -0.39 is 17.3 Å². The lowest BCUT2D eigenvalue weighted by atomic mass is 10.00. The summed E-state index contributed by atoms with van der Waals surface area (Å²) in [6.07, 6.45) is 2.32. The molecule has 6 heteroatoms. The van der Waals surface area contributed by atoms with Gasteiger partial charge in [0.25, 0.3) is 0 Å². The fraction of sp³-hybridized carbons (Fsp3) is 0.444. The molecule has 0 aromatic carbocycles. The van der Waals surface area contributed by atoms with Gasteiger partial charge in [0.2, 0.25) is 5.95 Å². The largest absolute Gasteiger partial charge is 0.480 e. The smallest absolute Gasteiger partial charge is 0.329 e. The molecule has 0 spiro atoms. The van der Waals surface area contributed by atoms with Crippen LogP contribution in [0.3, 0.4) is 0 Å². The number of hydrogen-bond acceptors (Lipinski definition) is 4. The van der Waals surface area contributed by atoms with Crippen molar-refractivity contribution in [1.29, 1.82) is 0 Å². The van der Waals surface area contributed by atoms with Gasteiger partial charge in [-0.25, -0.2) is 19.2 Å². The summed E-state index contributed by atoms with van der Waals surface area (Å²) in [6, 6.07) is 0. The molecule has 0 fully saturated rings. The number of carbonyl (C=O) groups is 1. The normalized spacial score (nSPS) is 14.3. The summed E-state index contributed by atoms with van der Waals surface area (Å²) in [5.74, 6) is -1.46. The molecular formula is C9H12FN3O2. The van der Waals surface area contributed by atoms with E-state index in [4.69, 9.17) is 5.11 Å². The maximum atomic E-state index is 12.5. The average Bonchev–Trinajstić information content (AvgIpc) is 2.21. The standard InChI is InChI=1S/C9H12FN3O2/c1-3-9(2,7(14)15)13-8-11-4-6(10)5-12-8/h4-5H,3H2,1-2H3,(H,14,15)(H,11,12,13). The Morgan fingerprint density at radius 1 is 1.60 bits per heavy atom. The molecule has 1 aromatic heterocycles. The molecule has 1 rings (SSSR count). The SMILES string of the molecule is CCC(C)(Nc1ncc(F)cn1)C(=O)O. The highest BCUT2D eigenvalue weighted by Gasteiger charge is 2.31. The van der Waals surface area contributed by atoms with Crippen LogP contribution in [0.15, 0.2) is 12.4 Å². The van der Waals surface area contributed by atoms with Gasteiger partial charge >= 0.3 is 5.97 Å². The number of hydrogen-bond donors (Lipinski definition) is 2. The van der Waals surface area contributed by atoms with E-state index in [-0.39, 0.29) is 5.95 Å². The topological polar surface area (TPSA) is 75.1 Å². The van der Waals surface area contributed by atoms with Crippen molar-refractivity contribution in [3.8, 4) is 0 Å². The van der Waals surface area contributed by atoms with Crippen LogP contribution in [0.4, 0.5) is 10.3 Å². The number of nitrogens with zero attached hydrogens (tertiary/aromatic N) is 2. The summed E-state index contributed by atoms with van der Waals surface area (Å²) in [5.41, 5.74) is -1.14. The number of carboxylic acids is 1. The minimum absolute atomic E-state index is 0.100. The first-order valence-electron chi connectivity index (χ1n) is 4.47. The van der Waals surface area contributed by atoms with E-state index >= 15 is 0 Å². The first-order chi connectivity index (χ1) is 6.98. The Hall–Kier alpha value is -1.72. The molecule has 0 bridgehead atoms. The molecule has 2 N–H and O–H groups in total. The van der Waals surface area contributed by atoms with Crippen LogP contribution in [0, 0.1) is 5.82 Å². The Morgan fingerprint density at radius 2 is 2.13 bits per heavy atom. The summed E-state index contributed by atoms with van der Waals surface area (Å²) < 4.78 is 12.5. The van der Waals surface area contributed by atoms with E-state index in [9.17, 15) is 9.18 Å². The molecule has 1 aromatic rings. The molecule has 0 saturated heterocycles. The first kappa shape index (κ1) is 11.4. The van der Waals surface area contributed by atoms with Crippen molar-refractivity contribution in [2.45, 2.75) is 25.8 Å². The lowest BCUT2D eigenvalue weighted by Crippen LogP contribution is -2.43. The molecule has 0 aliphatic rings. The molecular weight excluding hydrogens is 201 g/mol. The number of anilines is 1. The molecule has 1 unspecified atom stereocenters. The second-order valence-corrected chi connectivity index (χ2v) is 3.34. The van der Waals surface area contributed by atoms with Crippen LogP contribution in [-0.4, -0.2) is 26.6 Å². The molecule has 0 radical (unpaired) electrons. The van der Waals surface area contributed by atoms with Crippen molar-refractivity contribution >= 4 is 11.9 Å². The number of halogens is 1. The zero-order valence-electron chi connectivity index (χ0n) is 8.49. The molecule has 82 valence electrons. The van der Waals surface area contributed by atoms with Gasteiger partial charge in [0.1, 0.15) is 5.54 Å². The highest BCUT2D eigenvalue weighted by atomic mass is 19.1. The second kappa shape index (κ2) is 4.20. The first-order valence-corrected chi connectivity index (χ1v) is 4.47. The van der Waals surface area contributed by atoms with Gasteiger partial charge in [-0.15, -0.1) is 0 Å². The summed E-state index contributed by atoms with van der Waals surface area (Å²) in [6.45, 7) is 3.24. The van der Waals surface area contributed by atoms with Gasteiger partial charge in [0, 0.05) is 0 Å². The van der Waals surface area contributed by atoms with Gasteiger partial charge in [0.15, 0.2) is 5.82 Å². The average molecular weight is 213 g/mol. The van der Waals surface area contributed by atoms with Gasteiger partial charge in [-0.1, -0.05) is 6.92 Å². The molecule has 1 atom stereocenters. The fourth-order valence-electron chi connectivity index (χ4n) is 0.917. The van der Waals surface area contributed by atoms with E-state index in [1.54, 1.807) is 6.92 Å². The minimum atomic E-state index is -1.14. The predicted octanol–water partition coefficient (Wildman–Crippen LogP) is 1.28. The van der Waals surface area contributed by atoms with Gasteiger partial charge in [0.05, 0.1) is 12.4 Å². The van der Waals surface area contributed by atoms with Crippen molar-refractivity contribution in [2.75, 3.05) is 5.32 Å². The lowest BCUT2D eigenvalue weighted by Gasteiger charge is -2.24.